The van der Waals surface area contributed by atoms with E-state index in [0.717, 1.165) is 19.3 Å². The summed E-state index contributed by atoms with van der Waals surface area (Å²) in [6, 6.07) is -0.0359. The molecule has 0 aliphatic heterocycles. The van der Waals surface area contributed by atoms with Gasteiger partial charge in [-0.05, 0) is 25.7 Å². The number of amides is 1. The Morgan fingerprint density at radius 3 is 2.71 bits per heavy atom. The summed E-state index contributed by atoms with van der Waals surface area (Å²) in [7, 11) is 1.79. The lowest BCUT2D eigenvalue weighted by Crippen LogP contribution is -2.41. The Kier molecular flexibility index (Phi) is 4.78. The molecule has 1 rings (SSSR count). The van der Waals surface area contributed by atoms with Crippen molar-refractivity contribution in [1.29, 1.82) is 0 Å². The van der Waals surface area contributed by atoms with Crippen LogP contribution in [0.25, 0.3) is 0 Å². The van der Waals surface area contributed by atoms with Crippen molar-refractivity contribution in [2.24, 2.45) is 22.7 Å². The van der Waals surface area contributed by atoms with E-state index in [0.29, 0.717) is 12.3 Å². The highest BCUT2D eigenvalue weighted by molar-refractivity contribution is 5.82. The summed E-state index contributed by atoms with van der Waals surface area (Å²) >= 11 is 0. The predicted molar refractivity (Wildman–Crippen MR) is 66.8 cm³/mol. The quantitative estimate of drug-likeness (QED) is 0.338. The Hall–Kier alpha value is -1.26. The maximum absolute atomic E-state index is 12.2. The Morgan fingerprint density at radius 1 is 1.59 bits per heavy atom. The lowest BCUT2D eigenvalue weighted by molar-refractivity contribution is -0.136. The van der Waals surface area contributed by atoms with Gasteiger partial charge in [0, 0.05) is 25.4 Å². The van der Waals surface area contributed by atoms with Crippen LogP contribution in [0.5, 0.6) is 0 Å². The minimum atomic E-state index is -0.0359. The van der Waals surface area contributed by atoms with E-state index < -0.39 is 0 Å². The van der Waals surface area contributed by atoms with E-state index in [-0.39, 0.29) is 23.7 Å². The second kappa shape index (κ2) is 5.89. The van der Waals surface area contributed by atoms with Crippen molar-refractivity contribution in [3.8, 4) is 0 Å². The van der Waals surface area contributed by atoms with E-state index in [1.165, 1.54) is 0 Å². The first kappa shape index (κ1) is 13.8. The second-order valence-electron chi connectivity index (χ2n) is 5.11. The van der Waals surface area contributed by atoms with Gasteiger partial charge in [0.25, 0.3) is 0 Å². The van der Waals surface area contributed by atoms with Crippen LogP contribution in [0.2, 0.25) is 0 Å². The molecular weight excluding hydrogens is 218 g/mol. The van der Waals surface area contributed by atoms with Crippen LogP contribution < -0.4 is 5.73 Å². The van der Waals surface area contributed by atoms with Crippen molar-refractivity contribution in [2.75, 3.05) is 7.05 Å². The smallest absolute Gasteiger partial charge is 0.225 e. The van der Waals surface area contributed by atoms with Gasteiger partial charge in [-0.3, -0.25) is 4.79 Å². The molecule has 0 saturated heterocycles. The number of hydrogen-bond donors (Lipinski definition) is 2. The molecule has 98 valence electrons. The zero-order valence-corrected chi connectivity index (χ0v) is 10.9. The highest BCUT2D eigenvalue weighted by Gasteiger charge is 2.33. The van der Waals surface area contributed by atoms with Crippen LogP contribution in [0.15, 0.2) is 5.16 Å². The van der Waals surface area contributed by atoms with Crippen molar-refractivity contribution in [2.45, 2.75) is 45.6 Å². The second-order valence-corrected chi connectivity index (χ2v) is 5.11. The van der Waals surface area contributed by atoms with E-state index in [2.05, 4.69) is 12.1 Å². The third kappa shape index (κ3) is 3.35. The van der Waals surface area contributed by atoms with E-state index >= 15 is 0 Å². The van der Waals surface area contributed by atoms with Crippen LogP contribution in [0.4, 0.5) is 0 Å². The fourth-order valence-electron chi connectivity index (χ4n) is 2.47. The molecule has 5 nitrogen and oxygen atoms in total. The first-order chi connectivity index (χ1) is 7.97. The summed E-state index contributed by atoms with van der Waals surface area (Å²) < 4.78 is 0. The third-order valence-electron chi connectivity index (χ3n) is 3.82. The van der Waals surface area contributed by atoms with Crippen LogP contribution in [0.3, 0.4) is 0 Å². The first-order valence-electron chi connectivity index (χ1n) is 6.20. The number of oxime groups is 1. The molecule has 0 aromatic carbocycles. The Bertz CT molecular complexity index is 304. The van der Waals surface area contributed by atoms with Crippen LogP contribution in [-0.4, -0.2) is 34.9 Å². The van der Waals surface area contributed by atoms with Gasteiger partial charge in [0.15, 0.2) is 0 Å². The van der Waals surface area contributed by atoms with Gasteiger partial charge in [0.05, 0.1) is 0 Å². The van der Waals surface area contributed by atoms with Gasteiger partial charge in [-0.15, -0.1) is 0 Å². The van der Waals surface area contributed by atoms with Gasteiger partial charge < -0.3 is 15.8 Å². The summed E-state index contributed by atoms with van der Waals surface area (Å²) in [6.07, 6.45) is 3.67. The van der Waals surface area contributed by atoms with Crippen molar-refractivity contribution in [3.05, 3.63) is 0 Å². The Balaban J connectivity index is 2.56. The Morgan fingerprint density at radius 2 is 2.24 bits per heavy atom. The van der Waals surface area contributed by atoms with Crippen LogP contribution in [-0.2, 0) is 4.79 Å². The number of nitrogens with zero attached hydrogens (tertiary/aromatic N) is 2. The predicted octanol–water partition coefficient (Wildman–Crippen LogP) is 1.41. The number of rotatable bonds is 4. The van der Waals surface area contributed by atoms with Gasteiger partial charge in [-0.1, -0.05) is 18.5 Å². The van der Waals surface area contributed by atoms with E-state index in [4.69, 9.17) is 10.9 Å². The van der Waals surface area contributed by atoms with Crippen LogP contribution in [0, 0.1) is 11.8 Å². The summed E-state index contributed by atoms with van der Waals surface area (Å²) in [5.74, 6) is 0.973. The summed E-state index contributed by atoms with van der Waals surface area (Å²) in [5, 5.41) is 11.5. The molecule has 0 heterocycles. The zero-order chi connectivity index (χ0) is 13.0. The number of carbonyl (C=O) groups is 1. The van der Waals surface area contributed by atoms with Crippen molar-refractivity contribution in [3.63, 3.8) is 0 Å². The molecule has 1 saturated carbocycles. The van der Waals surface area contributed by atoms with Gasteiger partial charge in [0.1, 0.15) is 5.84 Å². The lowest BCUT2D eigenvalue weighted by Gasteiger charge is -2.28. The summed E-state index contributed by atoms with van der Waals surface area (Å²) in [5.41, 5.74) is 5.45. The minimum Gasteiger partial charge on any atom is -0.409 e. The van der Waals surface area contributed by atoms with E-state index in [1.54, 1.807) is 11.9 Å². The average Bonchev–Trinajstić information content (AvgIpc) is 2.73. The monoisotopic (exact) mass is 241 g/mol. The molecule has 0 bridgehead atoms. The minimum absolute atomic E-state index is 0.0359. The highest BCUT2D eigenvalue weighted by atomic mass is 16.4. The summed E-state index contributed by atoms with van der Waals surface area (Å²) in [4.78, 5) is 14.0. The topological polar surface area (TPSA) is 78.9 Å². The molecule has 17 heavy (non-hydrogen) atoms. The third-order valence-corrected chi connectivity index (χ3v) is 3.82. The largest absolute Gasteiger partial charge is 0.409 e. The Labute approximate surface area is 103 Å². The number of carbonyl (C=O) groups excluding carboxylic acids is 1. The SMILES string of the molecule is CC1CCCC1C(=O)N(C)C(C)CC(N)=NO. The molecular formula is C12H23N3O2. The average molecular weight is 241 g/mol. The van der Waals surface area contributed by atoms with Gasteiger partial charge in [-0.2, -0.15) is 0 Å². The van der Waals surface area contributed by atoms with Crippen LogP contribution >= 0.6 is 0 Å². The molecule has 0 aromatic rings. The molecule has 3 atom stereocenters. The molecule has 0 spiro atoms. The fourth-order valence-corrected chi connectivity index (χ4v) is 2.47. The van der Waals surface area contributed by atoms with Crippen molar-refractivity contribution in [1.82, 2.24) is 4.90 Å². The number of hydrogen-bond acceptors (Lipinski definition) is 3. The molecule has 1 aliphatic rings. The fraction of sp³-hybridized carbons (Fsp3) is 0.833. The molecule has 3 N–H and O–H groups in total. The molecule has 1 amide bonds. The molecule has 1 aliphatic carbocycles. The highest BCUT2D eigenvalue weighted by Crippen LogP contribution is 2.32. The maximum atomic E-state index is 12.2. The van der Waals surface area contributed by atoms with Crippen molar-refractivity contribution >= 4 is 11.7 Å². The molecule has 1 fully saturated rings. The standard InChI is InChI=1S/C12H23N3O2/c1-8-5-4-6-10(8)12(16)15(3)9(2)7-11(13)14-17/h8-10,17H,4-7H2,1-3H3,(H2,13,14). The van der Waals surface area contributed by atoms with E-state index in [9.17, 15) is 4.79 Å². The van der Waals surface area contributed by atoms with Gasteiger partial charge in [-0.25, -0.2) is 0 Å². The normalized spacial score (nSPS) is 26.9. The molecule has 0 radical (unpaired) electrons. The summed E-state index contributed by atoms with van der Waals surface area (Å²) in [6.45, 7) is 4.05. The van der Waals surface area contributed by atoms with Crippen molar-refractivity contribution < 1.29 is 10.0 Å². The first-order valence-corrected chi connectivity index (χ1v) is 6.20. The maximum Gasteiger partial charge on any atom is 0.225 e. The zero-order valence-electron chi connectivity index (χ0n) is 10.9. The van der Waals surface area contributed by atoms with Gasteiger partial charge in [0.2, 0.25) is 5.91 Å². The lowest BCUT2D eigenvalue weighted by atomic mass is 9.96. The number of amidine groups is 1. The van der Waals surface area contributed by atoms with E-state index in [1.807, 2.05) is 6.92 Å². The number of nitrogens with two attached hydrogens (primary N) is 1. The molecule has 5 heteroatoms. The van der Waals surface area contributed by atoms with Crippen LogP contribution in [0.1, 0.15) is 39.5 Å². The van der Waals surface area contributed by atoms with Gasteiger partial charge >= 0.3 is 0 Å². The molecule has 0 aromatic heterocycles. The molecule has 3 unspecified atom stereocenters.